The van der Waals surface area contributed by atoms with Crippen LogP contribution in [0.25, 0.3) is 6.08 Å². The van der Waals surface area contributed by atoms with Crippen LogP contribution in [-0.2, 0) is 4.79 Å². The van der Waals surface area contributed by atoms with Gasteiger partial charge < -0.3 is 15.0 Å². The Labute approximate surface area is 153 Å². The molecule has 1 fully saturated rings. The lowest BCUT2D eigenvalue weighted by Crippen LogP contribution is -2.30. The van der Waals surface area contributed by atoms with Gasteiger partial charge in [0.1, 0.15) is 11.8 Å². The topological polar surface area (TPSA) is 65.4 Å². The summed E-state index contributed by atoms with van der Waals surface area (Å²) in [7, 11) is 0. The van der Waals surface area contributed by atoms with E-state index in [4.69, 9.17) is 10.00 Å². The van der Waals surface area contributed by atoms with Crippen molar-refractivity contribution in [2.24, 2.45) is 0 Å². The van der Waals surface area contributed by atoms with Crippen molar-refractivity contribution in [2.75, 3.05) is 25.0 Å². The van der Waals surface area contributed by atoms with Gasteiger partial charge in [-0.2, -0.15) is 5.26 Å². The van der Waals surface area contributed by atoms with Gasteiger partial charge in [-0.05, 0) is 42.3 Å². The van der Waals surface area contributed by atoms with Crippen LogP contribution in [0.2, 0.25) is 0 Å². The van der Waals surface area contributed by atoms with Crippen molar-refractivity contribution in [3.8, 4) is 11.8 Å². The standard InChI is InChI=1S/C21H21N3O2/c22-13-15-26-20-9-6-17(7-10-20)8-11-21(25)24-14-12-19(16-24)23-18-4-2-1-3-5-18/h1-11,19,23H,12,14-16H2. The number of nitrogens with zero attached hydrogens (tertiary/aromatic N) is 2. The van der Waals surface area contributed by atoms with E-state index in [9.17, 15) is 4.79 Å². The first-order valence-corrected chi connectivity index (χ1v) is 8.63. The Kier molecular flexibility index (Phi) is 5.89. The first kappa shape index (κ1) is 17.6. The third-order valence-electron chi connectivity index (χ3n) is 4.25. The largest absolute Gasteiger partial charge is 0.479 e. The SMILES string of the molecule is N#CCOc1ccc(C=CC(=O)N2CCC(Nc3ccccc3)C2)cc1. The van der Waals surface area contributed by atoms with Gasteiger partial charge in [-0.15, -0.1) is 0 Å². The summed E-state index contributed by atoms with van der Waals surface area (Å²) >= 11 is 0. The zero-order chi connectivity index (χ0) is 18.2. The minimum Gasteiger partial charge on any atom is -0.479 e. The second-order valence-electron chi connectivity index (χ2n) is 6.13. The molecule has 0 bridgehead atoms. The quantitative estimate of drug-likeness (QED) is 0.814. The number of hydrogen-bond acceptors (Lipinski definition) is 4. The van der Waals surface area contributed by atoms with Crippen LogP contribution in [0.15, 0.2) is 60.7 Å². The minimum atomic E-state index is 0.0205. The summed E-state index contributed by atoms with van der Waals surface area (Å²) in [5.74, 6) is 0.663. The molecule has 1 amide bonds. The Balaban J connectivity index is 1.50. The van der Waals surface area contributed by atoms with Gasteiger partial charge in [-0.25, -0.2) is 0 Å². The maximum absolute atomic E-state index is 12.4. The third kappa shape index (κ3) is 4.87. The lowest BCUT2D eigenvalue weighted by Gasteiger charge is -2.16. The normalized spacial score (nSPS) is 16.4. The molecule has 1 aliphatic heterocycles. The van der Waals surface area contributed by atoms with E-state index >= 15 is 0 Å². The number of amides is 1. The molecule has 2 aromatic carbocycles. The second kappa shape index (κ2) is 8.72. The molecular formula is C21H21N3O2. The van der Waals surface area contributed by atoms with Crippen LogP contribution in [0.4, 0.5) is 5.69 Å². The molecule has 1 aliphatic rings. The van der Waals surface area contributed by atoms with Crippen LogP contribution in [0.3, 0.4) is 0 Å². The molecule has 26 heavy (non-hydrogen) atoms. The van der Waals surface area contributed by atoms with E-state index < -0.39 is 0 Å². The van der Waals surface area contributed by atoms with Gasteiger partial charge >= 0.3 is 0 Å². The van der Waals surface area contributed by atoms with Crippen molar-refractivity contribution in [1.29, 1.82) is 5.26 Å². The van der Waals surface area contributed by atoms with Crippen molar-refractivity contribution >= 4 is 17.7 Å². The fourth-order valence-electron chi connectivity index (χ4n) is 2.91. The molecule has 0 spiro atoms. The fourth-order valence-corrected chi connectivity index (χ4v) is 2.91. The number of ether oxygens (including phenoxy) is 1. The molecule has 2 aromatic rings. The minimum absolute atomic E-state index is 0.0205. The van der Waals surface area contributed by atoms with Crippen LogP contribution in [0.1, 0.15) is 12.0 Å². The highest BCUT2D eigenvalue weighted by atomic mass is 16.5. The van der Waals surface area contributed by atoms with Crippen molar-refractivity contribution < 1.29 is 9.53 Å². The highest BCUT2D eigenvalue weighted by Gasteiger charge is 2.24. The lowest BCUT2D eigenvalue weighted by atomic mass is 10.2. The average molecular weight is 347 g/mol. The van der Waals surface area contributed by atoms with Gasteiger partial charge in [0.15, 0.2) is 6.61 Å². The number of nitrogens with one attached hydrogen (secondary N) is 1. The average Bonchev–Trinajstić information content (AvgIpc) is 3.14. The van der Waals surface area contributed by atoms with Gasteiger partial charge in [-0.1, -0.05) is 30.3 Å². The molecule has 0 aliphatic carbocycles. The highest BCUT2D eigenvalue weighted by molar-refractivity contribution is 5.92. The lowest BCUT2D eigenvalue weighted by molar-refractivity contribution is -0.124. The van der Waals surface area contributed by atoms with Crippen molar-refractivity contribution in [2.45, 2.75) is 12.5 Å². The molecule has 5 heteroatoms. The predicted molar refractivity (Wildman–Crippen MR) is 102 cm³/mol. The number of hydrogen-bond donors (Lipinski definition) is 1. The van der Waals surface area contributed by atoms with E-state index in [2.05, 4.69) is 5.32 Å². The molecule has 1 atom stereocenters. The van der Waals surface area contributed by atoms with Crippen molar-refractivity contribution in [3.05, 3.63) is 66.2 Å². The van der Waals surface area contributed by atoms with Crippen molar-refractivity contribution in [3.63, 3.8) is 0 Å². The molecule has 1 unspecified atom stereocenters. The number of benzene rings is 2. The Hall–Kier alpha value is -3.26. The van der Waals surface area contributed by atoms with Gasteiger partial charge in [0, 0.05) is 30.9 Å². The Morgan fingerprint density at radius 3 is 2.73 bits per heavy atom. The fraction of sp³-hybridized carbons (Fsp3) is 0.238. The van der Waals surface area contributed by atoms with E-state index in [1.807, 2.05) is 53.4 Å². The Morgan fingerprint density at radius 2 is 2.00 bits per heavy atom. The number of para-hydroxylation sites is 1. The molecule has 0 aromatic heterocycles. The first-order valence-electron chi connectivity index (χ1n) is 8.63. The molecular weight excluding hydrogens is 326 g/mol. The molecule has 1 heterocycles. The second-order valence-corrected chi connectivity index (χ2v) is 6.13. The molecule has 5 nitrogen and oxygen atoms in total. The highest BCUT2D eigenvalue weighted by Crippen LogP contribution is 2.17. The third-order valence-corrected chi connectivity index (χ3v) is 4.25. The van der Waals surface area contributed by atoms with Crippen LogP contribution in [-0.4, -0.2) is 36.5 Å². The van der Waals surface area contributed by atoms with E-state index in [1.54, 1.807) is 24.3 Å². The van der Waals surface area contributed by atoms with E-state index in [0.29, 0.717) is 12.3 Å². The summed E-state index contributed by atoms with van der Waals surface area (Å²) in [6.45, 7) is 1.49. The maximum atomic E-state index is 12.4. The van der Waals surface area contributed by atoms with Crippen molar-refractivity contribution in [1.82, 2.24) is 4.90 Å². The van der Waals surface area contributed by atoms with E-state index in [1.165, 1.54) is 0 Å². The van der Waals surface area contributed by atoms with Gasteiger partial charge in [0.2, 0.25) is 5.91 Å². The zero-order valence-electron chi connectivity index (χ0n) is 14.5. The van der Waals surface area contributed by atoms with Crippen LogP contribution < -0.4 is 10.1 Å². The van der Waals surface area contributed by atoms with Crippen LogP contribution in [0.5, 0.6) is 5.75 Å². The van der Waals surface area contributed by atoms with E-state index in [-0.39, 0.29) is 18.6 Å². The predicted octanol–water partition coefficient (Wildman–Crippen LogP) is 3.32. The molecule has 132 valence electrons. The van der Waals surface area contributed by atoms with Gasteiger partial charge in [0.25, 0.3) is 0 Å². The van der Waals surface area contributed by atoms with Gasteiger partial charge in [0.05, 0.1) is 0 Å². The monoisotopic (exact) mass is 347 g/mol. The smallest absolute Gasteiger partial charge is 0.246 e. The van der Waals surface area contributed by atoms with Gasteiger partial charge in [-0.3, -0.25) is 4.79 Å². The summed E-state index contributed by atoms with van der Waals surface area (Å²) in [5.41, 5.74) is 2.00. The number of nitriles is 1. The molecule has 0 radical (unpaired) electrons. The van der Waals surface area contributed by atoms with Crippen LogP contribution >= 0.6 is 0 Å². The molecule has 1 N–H and O–H groups in total. The number of likely N-dealkylation sites (tertiary alicyclic amines) is 1. The Bertz CT molecular complexity index is 794. The number of carbonyl (C=O) groups excluding carboxylic acids is 1. The summed E-state index contributed by atoms with van der Waals surface area (Å²) in [6.07, 6.45) is 4.35. The number of anilines is 1. The zero-order valence-corrected chi connectivity index (χ0v) is 14.5. The number of carbonyl (C=O) groups is 1. The first-order chi connectivity index (χ1) is 12.7. The summed E-state index contributed by atoms with van der Waals surface area (Å²) in [5, 5.41) is 12.0. The maximum Gasteiger partial charge on any atom is 0.246 e. The Morgan fingerprint density at radius 1 is 1.23 bits per heavy atom. The molecule has 0 saturated carbocycles. The summed E-state index contributed by atoms with van der Waals surface area (Å²) < 4.78 is 5.21. The number of rotatable bonds is 6. The summed E-state index contributed by atoms with van der Waals surface area (Å²) in [4.78, 5) is 14.2. The molecule has 3 rings (SSSR count). The van der Waals surface area contributed by atoms with Crippen LogP contribution in [0, 0.1) is 11.3 Å². The molecule has 1 saturated heterocycles. The summed E-state index contributed by atoms with van der Waals surface area (Å²) in [6, 6.07) is 19.6. The van der Waals surface area contributed by atoms with E-state index in [0.717, 1.165) is 24.2 Å².